The molecule has 0 atom stereocenters. The molecule has 0 aromatic heterocycles. The smallest absolute Gasteiger partial charge is 0.251 e. The van der Waals surface area contributed by atoms with Crippen LogP contribution in [0, 0.1) is 5.82 Å². The number of rotatable bonds is 1. The number of carbonyl (C=O) groups excluding carboxylic acids is 1. The lowest BCUT2D eigenvalue weighted by Gasteiger charge is -1.98. The molecule has 0 aliphatic rings. The maximum absolute atomic E-state index is 12.7. The van der Waals surface area contributed by atoms with E-state index in [9.17, 15) is 9.18 Å². The Balaban J connectivity index is 0.000000671. The number of phenols is 1. The van der Waals surface area contributed by atoms with Gasteiger partial charge in [-0.3, -0.25) is 4.79 Å². The van der Waals surface area contributed by atoms with Crippen LogP contribution in [0.4, 0.5) is 4.39 Å². The molecule has 0 radical (unpaired) electrons. The fraction of sp³-hybridized carbons (Fsp3) is 0.222. The Morgan fingerprint density at radius 3 is 2.38 bits per heavy atom. The topological polar surface area (TPSA) is 63.3 Å². The monoisotopic (exact) mass is 185 g/mol. The molecule has 0 bridgehead atoms. The molecule has 0 aliphatic heterocycles. The summed E-state index contributed by atoms with van der Waals surface area (Å²) in [6.45, 7) is 4.00. The minimum atomic E-state index is -0.972. The molecule has 1 amide bonds. The highest BCUT2D eigenvalue weighted by Gasteiger charge is 2.10. The van der Waals surface area contributed by atoms with E-state index in [2.05, 4.69) is 0 Å². The average Bonchev–Trinajstić information content (AvgIpc) is 2.13. The number of hydrogen-bond donors (Lipinski definition) is 2. The summed E-state index contributed by atoms with van der Waals surface area (Å²) in [5.41, 5.74) is 4.49. The Hall–Kier alpha value is -1.58. The summed E-state index contributed by atoms with van der Waals surface area (Å²) in [5.74, 6) is -2.43. The van der Waals surface area contributed by atoms with Crippen molar-refractivity contribution in [3.05, 3.63) is 29.6 Å². The largest absolute Gasteiger partial charge is 0.505 e. The molecule has 0 heterocycles. The van der Waals surface area contributed by atoms with Gasteiger partial charge in [-0.05, 0) is 12.1 Å². The molecule has 4 heteroatoms. The lowest BCUT2D eigenvalue weighted by atomic mass is 10.2. The van der Waals surface area contributed by atoms with Crippen LogP contribution in [0.1, 0.15) is 24.2 Å². The summed E-state index contributed by atoms with van der Waals surface area (Å²) in [4.78, 5) is 10.4. The first kappa shape index (κ1) is 11.4. The van der Waals surface area contributed by atoms with Gasteiger partial charge >= 0.3 is 0 Å². The van der Waals surface area contributed by atoms with E-state index in [0.29, 0.717) is 0 Å². The number of benzene rings is 1. The van der Waals surface area contributed by atoms with Crippen molar-refractivity contribution in [1.29, 1.82) is 0 Å². The van der Waals surface area contributed by atoms with Crippen LogP contribution >= 0.6 is 0 Å². The summed E-state index contributed by atoms with van der Waals surface area (Å²) >= 11 is 0. The van der Waals surface area contributed by atoms with Crippen molar-refractivity contribution >= 4 is 5.91 Å². The minimum Gasteiger partial charge on any atom is -0.505 e. The van der Waals surface area contributed by atoms with Gasteiger partial charge in [0, 0.05) is 0 Å². The number of phenolic OH excluding ortho intramolecular Hbond substituents is 1. The van der Waals surface area contributed by atoms with Crippen LogP contribution in [0.5, 0.6) is 5.75 Å². The molecule has 0 saturated heterocycles. The number of halogens is 1. The van der Waals surface area contributed by atoms with E-state index in [0.717, 1.165) is 6.07 Å². The molecule has 0 aliphatic carbocycles. The number of nitrogens with two attached hydrogens (primary N) is 1. The van der Waals surface area contributed by atoms with Crippen molar-refractivity contribution < 1.29 is 14.3 Å². The van der Waals surface area contributed by atoms with Crippen molar-refractivity contribution in [3.63, 3.8) is 0 Å². The normalized spacial score (nSPS) is 8.54. The highest BCUT2D eigenvalue weighted by Crippen LogP contribution is 2.17. The lowest BCUT2D eigenvalue weighted by molar-refractivity contribution is 0.0995. The van der Waals surface area contributed by atoms with Crippen LogP contribution in [0.15, 0.2) is 18.2 Å². The number of aromatic hydroxyl groups is 1. The summed E-state index contributed by atoms with van der Waals surface area (Å²) in [5, 5.41) is 8.77. The molecule has 0 unspecified atom stereocenters. The Bertz CT molecular complexity index is 300. The van der Waals surface area contributed by atoms with E-state index in [1.807, 2.05) is 13.8 Å². The summed E-state index contributed by atoms with van der Waals surface area (Å²) < 4.78 is 12.7. The second kappa shape index (κ2) is 5.13. The van der Waals surface area contributed by atoms with E-state index in [1.165, 1.54) is 12.1 Å². The fourth-order valence-corrected chi connectivity index (χ4v) is 0.710. The van der Waals surface area contributed by atoms with E-state index in [4.69, 9.17) is 10.8 Å². The second-order valence-electron chi connectivity index (χ2n) is 2.00. The molecule has 72 valence electrons. The first-order valence-electron chi connectivity index (χ1n) is 3.90. The Kier molecular flexibility index (Phi) is 4.51. The number of carbonyl (C=O) groups is 1. The van der Waals surface area contributed by atoms with Crippen LogP contribution in [0.25, 0.3) is 0 Å². The highest BCUT2D eigenvalue weighted by molar-refractivity contribution is 5.93. The third-order valence-corrected chi connectivity index (χ3v) is 1.24. The summed E-state index contributed by atoms with van der Waals surface area (Å²) in [6.07, 6.45) is 0. The molecule has 0 saturated carbocycles. The van der Waals surface area contributed by atoms with Crippen molar-refractivity contribution in [2.75, 3.05) is 0 Å². The number of primary amides is 1. The molecule has 13 heavy (non-hydrogen) atoms. The second-order valence-corrected chi connectivity index (χ2v) is 2.00. The van der Waals surface area contributed by atoms with Crippen molar-refractivity contribution in [3.8, 4) is 5.75 Å². The summed E-state index contributed by atoms with van der Waals surface area (Å²) in [7, 11) is 0. The van der Waals surface area contributed by atoms with Crippen LogP contribution in [0.3, 0.4) is 0 Å². The van der Waals surface area contributed by atoms with Crippen LogP contribution < -0.4 is 5.73 Å². The lowest BCUT2D eigenvalue weighted by Crippen LogP contribution is -2.12. The van der Waals surface area contributed by atoms with Gasteiger partial charge in [0.25, 0.3) is 5.91 Å². The van der Waals surface area contributed by atoms with Gasteiger partial charge in [-0.15, -0.1) is 0 Å². The third-order valence-electron chi connectivity index (χ3n) is 1.24. The molecule has 3 nitrogen and oxygen atoms in total. The van der Waals surface area contributed by atoms with Crippen molar-refractivity contribution in [2.24, 2.45) is 5.73 Å². The molecule has 1 aromatic carbocycles. The maximum atomic E-state index is 12.7. The molecule has 0 fully saturated rings. The molecular weight excluding hydrogens is 173 g/mol. The Labute approximate surface area is 76.0 Å². The van der Waals surface area contributed by atoms with Gasteiger partial charge in [-0.1, -0.05) is 19.9 Å². The summed E-state index contributed by atoms with van der Waals surface area (Å²) in [6, 6.07) is 3.69. The number of hydrogen-bond acceptors (Lipinski definition) is 2. The highest BCUT2D eigenvalue weighted by atomic mass is 19.1. The molecule has 0 spiro atoms. The molecule has 3 N–H and O–H groups in total. The van der Waals surface area contributed by atoms with Crippen LogP contribution in [-0.2, 0) is 0 Å². The van der Waals surface area contributed by atoms with E-state index in [1.54, 1.807) is 0 Å². The Morgan fingerprint density at radius 2 is 2.00 bits per heavy atom. The minimum absolute atomic E-state index is 0.301. The predicted octanol–water partition coefficient (Wildman–Crippen LogP) is 1.66. The average molecular weight is 185 g/mol. The van der Waals surface area contributed by atoms with E-state index >= 15 is 0 Å². The maximum Gasteiger partial charge on any atom is 0.251 e. The van der Waals surface area contributed by atoms with Gasteiger partial charge in [0.2, 0.25) is 0 Å². The third kappa shape index (κ3) is 2.74. The van der Waals surface area contributed by atoms with E-state index in [-0.39, 0.29) is 5.56 Å². The molecule has 1 rings (SSSR count). The zero-order valence-corrected chi connectivity index (χ0v) is 7.54. The first-order valence-corrected chi connectivity index (χ1v) is 3.90. The van der Waals surface area contributed by atoms with Gasteiger partial charge in [0.1, 0.15) is 0 Å². The van der Waals surface area contributed by atoms with Gasteiger partial charge < -0.3 is 10.8 Å². The van der Waals surface area contributed by atoms with Gasteiger partial charge in [0.05, 0.1) is 5.56 Å². The molecule has 1 aromatic rings. The van der Waals surface area contributed by atoms with Gasteiger partial charge in [-0.25, -0.2) is 4.39 Å². The first-order chi connectivity index (χ1) is 6.13. The van der Waals surface area contributed by atoms with E-state index < -0.39 is 17.5 Å². The zero-order valence-electron chi connectivity index (χ0n) is 7.54. The van der Waals surface area contributed by atoms with Gasteiger partial charge in [-0.2, -0.15) is 0 Å². The predicted molar refractivity (Wildman–Crippen MR) is 47.9 cm³/mol. The quantitative estimate of drug-likeness (QED) is 0.698. The van der Waals surface area contributed by atoms with Crippen molar-refractivity contribution in [2.45, 2.75) is 13.8 Å². The van der Waals surface area contributed by atoms with Crippen LogP contribution in [-0.4, -0.2) is 11.0 Å². The van der Waals surface area contributed by atoms with Crippen LogP contribution in [0.2, 0.25) is 0 Å². The number of amides is 1. The standard InChI is InChI=1S/C7H6FNO2.C2H6/c8-6-4(7(9)11)2-1-3-5(6)10;1-2/h1-3,10H,(H2,9,11);1-2H3. The zero-order chi connectivity index (χ0) is 10.4. The van der Waals surface area contributed by atoms with Crippen molar-refractivity contribution in [1.82, 2.24) is 0 Å². The van der Waals surface area contributed by atoms with Gasteiger partial charge in [0.15, 0.2) is 11.6 Å². The fourth-order valence-electron chi connectivity index (χ4n) is 0.710. The SMILES string of the molecule is CC.NC(=O)c1cccc(O)c1F. The molecular formula is C9H12FNO2. The Morgan fingerprint density at radius 1 is 1.46 bits per heavy atom.